The Balaban J connectivity index is 1.19. The molecular weight excluding hydrogens is 701 g/mol. The van der Waals surface area contributed by atoms with Crippen molar-refractivity contribution in [2.24, 2.45) is 0 Å². The summed E-state index contributed by atoms with van der Waals surface area (Å²) in [4.78, 5) is 10.3. The molecule has 0 aliphatic rings. The van der Waals surface area contributed by atoms with Crippen LogP contribution in [0.3, 0.4) is 0 Å². The minimum absolute atomic E-state index is 0.707. The van der Waals surface area contributed by atoms with E-state index in [1.165, 1.54) is 50.1 Å². The van der Waals surface area contributed by atoms with Crippen LogP contribution in [0.4, 0.5) is 0 Å². The molecule has 0 saturated carbocycles. The highest BCUT2D eigenvalue weighted by molar-refractivity contribution is 6.07. The van der Waals surface area contributed by atoms with E-state index in [4.69, 9.17) is 9.97 Å². The van der Waals surface area contributed by atoms with Crippen molar-refractivity contribution in [2.45, 2.75) is 0 Å². The van der Waals surface area contributed by atoms with E-state index < -0.39 is 0 Å². The van der Waals surface area contributed by atoms with E-state index in [-0.39, 0.29) is 0 Å². The van der Waals surface area contributed by atoms with Gasteiger partial charge in [-0.1, -0.05) is 206 Å². The summed E-state index contributed by atoms with van der Waals surface area (Å²) in [6.45, 7) is 0. The first kappa shape index (κ1) is 34.8. The molecule has 2 heteroatoms. The van der Waals surface area contributed by atoms with Crippen LogP contribution in [0.15, 0.2) is 231 Å². The van der Waals surface area contributed by atoms with E-state index in [1.807, 2.05) is 12.1 Å². The fourth-order valence-corrected chi connectivity index (χ4v) is 8.18. The van der Waals surface area contributed by atoms with Gasteiger partial charge in [0.05, 0.1) is 11.2 Å². The first-order valence-corrected chi connectivity index (χ1v) is 19.7. The molecule has 272 valence electrons. The Hall–Kier alpha value is -7.68. The van der Waals surface area contributed by atoms with Crippen molar-refractivity contribution in [1.82, 2.24) is 9.97 Å². The number of rotatable bonds is 8. The van der Waals surface area contributed by atoms with Crippen LogP contribution in [0.1, 0.15) is 0 Å². The average molecular weight is 739 g/mol. The van der Waals surface area contributed by atoms with Gasteiger partial charge in [-0.3, -0.25) is 0 Å². The van der Waals surface area contributed by atoms with Crippen molar-refractivity contribution in [2.75, 3.05) is 0 Å². The lowest BCUT2D eigenvalue weighted by Gasteiger charge is -2.24. The largest absolute Gasteiger partial charge is 0.228 e. The molecule has 1 heterocycles. The van der Waals surface area contributed by atoms with Gasteiger partial charge >= 0.3 is 0 Å². The van der Waals surface area contributed by atoms with Gasteiger partial charge in [0.1, 0.15) is 0 Å². The van der Waals surface area contributed by atoms with Crippen molar-refractivity contribution in [3.05, 3.63) is 231 Å². The van der Waals surface area contributed by atoms with Crippen molar-refractivity contribution in [3.8, 4) is 89.4 Å². The minimum atomic E-state index is 0.707. The smallest absolute Gasteiger partial charge is 0.160 e. The predicted molar refractivity (Wildman–Crippen MR) is 243 cm³/mol. The first-order chi connectivity index (χ1) is 28.8. The summed E-state index contributed by atoms with van der Waals surface area (Å²) in [6, 6.07) is 82.0. The second-order valence-corrected chi connectivity index (χ2v) is 14.5. The number of fused-ring (bicyclic) bond motifs is 1. The summed E-state index contributed by atoms with van der Waals surface area (Å²) in [6.07, 6.45) is 0. The van der Waals surface area contributed by atoms with E-state index in [1.54, 1.807) is 0 Å². The van der Waals surface area contributed by atoms with Gasteiger partial charge in [-0.25, -0.2) is 9.97 Å². The fraction of sp³-hybridized carbons (Fsp3) is 0. The maximum atomic E-state index is 5.19. The van der Waals surface area contributed by atoms with Crippen molar-refractivity contribution in [3.63, 3.8) is 0 Å². The maximum Gasteiger partial charge on any atom is 0.160 e. The van der Waals surface area contributed by atoms with Gasteiger partial charge in [0.2, 0.25) is 0 Å². The third-order valence-electron chi connectivity index (χ3n) is 10.9. The Morgan fingerprint density at radius 3 is 1.21 bits per heavy atom. The van der Waals surface area contributed by atoms with Gasteiger partial charge in [0, 0.05) is 16.5 Å². The van der Waals surface area contributed by atoms with E-state index in [0.717, 1.165) is 44.4 Å². The van der Waals surface area contributed by atoms with Crippen LogP contribution in [0.2, 0.25) is 0 Å². The number of para-hydroxylation sites is 1. The lowest BCUT2D eigenvalue weighted by atomic mass is 9.78. The first-order valence-electron chi connectivity index (χ1n) is 19.7. The van der Waals surface area contributed by atoms with Crippen LogP contribution in [0, 0.1) is 0 Å². The minimum Gasteiger partial charge on any atom is -0.228 e. The zero-order valence-electron chi connectivity index (χ0n) is 31.8. The Morgan fingerprint density at radius 1 is 0.241 bits per heavy atom. The molecule has 0 amide bonds. The number of hydrogen-bond acceptors (Lipinski definition) is 2. The Morgan fingerprint density at radius 2 is 0.638 bits per heavy atom. The maximum absolute atomic E-state index is 5.19. The molecule has 0 N–H and O–H groups in total. The fourth-order valence-electron chi connectivity index (χ4n) is 8.18. The van der Waals surface area contributed by atoms with Gasteiger partial charge in [-0.05, 0) is 91.0 Å². The molecule has 10 aromatic rings. The summed E-state index contributed by atoms with van der Waals surface area (Å²) in [5.74, 6) is 0.707. The lowest BCUT2D eigenvalue weighted by molar-refractivity contribution is 1.23. The molecule has 0 unspecified atom stereocenters. The Bertz CT molecular complexity index is 3010. The highest BCUT2D eigenvalue weighted by atomic mass is 14.9. The Kier molecular flexibility index (Phi) is 9.27. The molecule has 0 atom stereocenters. The van der Waals surface area contributed by atoms with Crippen LogP contribution in [0.25, 0.3) is 100 Å². The van der Waals surface area contributed by atoms with Crippen LogP contribution in [-0.4, -0.2) is 9.97 Å². The second kappa shape index (κ2) is 15.5. The van der Waals surface area contributed by atoms with Crippen molar-refractivity contribution in [1.29, 1.82) is 0 Å². The van der Waals surface area contributed by atoms with Gasteiger partial charge in [-0.2, -0.15) is 0 Å². The molecule has 0 spiro atoms. The lowest BCUT2D eigenvalue weighted by Crippen LogP contribution is -1.98. The molecule has 1 aromatic heterocycles. The highest BCUT2D eigenvalue weighted by Crippen LogP contribution is 2.50. The second-order valence-electron chi connectivity index (χ2n) is 14.5. The van der Waals surface area contributed by atoms with Gasteiger partial charge < -0.3 is 0 Å². The van der Waals surface area contributed by atoms with Gasteiger partial charge in [-0.15, -0.1) is 0 Å². The number of hydrogen-bond donors (Lipinski definition) is 0. The zero-order chi connectivity index (χ0) is 38.7. The molecular formula is C56H38N2. The molecule has 0 bridgehead atoms. The molecule has 9 aromatic carbocycles. The van der Waals surface area contributed by atoms with Crippen LogP contribution < -0.4 is 0 Å². The van der Waals surface area contributed by atoms with Crippen molar-refractivity contribution >= 4 is 10.9 Å². The standard InChI is InChI=1S/C56H38N2/c1-6-20-39(21-7-1)49-38-50(53(41-24-10-3-11-25-41)54(42-26-12-4-13-27-42)52(49)40-22-8-2-9-23-40)46-32-18-30-44(36-46)45-31-19-33-47(37-45)56-57-51-35-17-16-34-48(51)55(58-56)43-28-14-5-15-29-43/h1-38H. The molecule has 0 saturated heterocycles. The van der Waals surface area contributed by atoms with Gasteiger partial charge in [0.25, 0.3) is 0 Å². The molecule has 0 aliphatic carbocycles. The van der Waals surface area contributed by atoms with Gasteiger partial charge in [0.15, 0.2) is 5.82 Å². The highest BCUT2D eigenvalue weighted by Gasteiger charge is 2.24. The SMILES string of the molecule is c1ccc(-c2cc(-c3cccc(-c4cccc(-c5nc(-c6ccccc6)c6ccccc6n5)c4)c3)c(-c3ccccc3)c(-c3ccccc3)c2-c2ccccc2)cc1. The molecule has 0 aliphatic heterocycles. The topological polar surface area (TPSA) is 25.8 Å². The third kappa shape index (κ3) is 6.67. The predicted octanol–water partition coefficient (Wildman–Crippen LogP) is 15.0. The van der Waals surface area contributed by atoms with Crippen LogP contribution in [0.5, 0.6) is 0 Å². The monoisotopic (exact) mass is 738 g/mol. The third-order valence-corrected chi connectivity index (χ3v) is 10.9. The van der Waals surface area contributed by atoms with E-state index >= 15 is 0 Å². The summed E-state index contributed by atoms with van der Waals surface area (Å²) >= 11 is 0. The molecule has 58 heavy (non-hydrogen) atoms. The summed E-state index contributed by atoms with van der Waals surface area (Å²) < 4.78 is 0. The molecule has 0 fully saturated rings. The van der Waals surface area contributed by atoms with E-state index in [2.05, 4.69) is 218 Å². The number of aromatic nitrogens is 2. The zero-order valence-corrected chi connectivity index (χ0v) is 31.8. The van der Waals surface area contributed by atoms with Crippen molar-refractivity contribution < 1.29 is 0 Å². The Labute approximate surface area is 339 Å². The summed E-state index contributed by atoms with van der Waals surface area (Å²) in [5, 5.41) is 1.04. The van der Waals surface area contributed by atoms with Crippen LogP contribution >= 0.6 is 0 Å². The summed E-state index contributed by atoms with van der Waals surface area (Å²) in [5.41, 5.74) is 18.0. The number of nitrogens with zero attached hydrogens (tertiary/aromatic N) is 2. The van der Waals surface area contributed by atoms with Crippen LogP contribution in [-0.2, 0) is 0 Å². The molecule has 2 nitrogen and oxygen atoms in total. The summed E-state index contributed by atoms with van der Waals surface area (Å²) in [7, 11) is 0. The normalized spacial score (nSPS) is 11.1. The van der Waals surface area contributed by atoms with E-state index in [9.17, 15) is 0 Å². The molecule has 0 radical (unpaired) electrons. The molecule has 10 rings (SSSR count). The number of benzene rings is 9. The quantitative estimate of drug-likeness (QED) is 0.155. The van der Waals surface area contributed by atoms with E-state index in [0.29, 0.717) is 5.82 Å². The average Bonchev–Trinajstić information content (AvgIpc) is 3.32.